The molecule has 1 aliphatic carbocycles. The van der Waals surface area contributed by atoms with Crippen molar-refractivity contribution < 1.29 is 9.59 Å². The van der Waals surface area contributed by atoms with Crippen LogP contribution in [-0.4, -0.2) is 42.9 Å². The Kier molecular flexibility index (Phi) is 7.02. The molecule has 0 heterocycles. The lowest BCUT2D eigenvalue weighted by atomic mass is 9.92. The molecule has 2 rings (SSSR count). The van der Waals surface area contributed by atoms with Crippen molar-refractivity contribution in [3.8, 4) is 6.07 Å². The summed E-state index contributed by atoms with van der Waals surface area (Å²) in [5.41, 5.74) is 0.878. The van der Waals surface area contributed by atoms with Crippen LogP contribution in [0.5, 0.6) is 0 Å². The third-order valence-corrected chi connectivity index (χ3v) is 4.85. The van der Waals surface area contributed by atoms with Gasteiger partial charge in [-0.05, 0) is 24.5 Å². The highest BCUT2D eigenvalue weighted by molar-refractivity contribution is 5.83. The van der Waals surface area contributed by atoms with Crippen LogP contribution in [0.2, 0.25) is 0 Å². The first-order chi connectivity index (χ1) is 12.5. The van der Waals surface area contributed by atoms with Crippen molar-refractivity contribution in [3.05, 3.63) is 29.8 Å². The maximum atomic E-state index is 12.4. The lowest BCUT2D eigenvalue weighted by Gasteiger charge is -2.26. The summed E-state index contributed by atoms with van der Waals surface area (Å²) in [6, 6.07) is 9.81. The summed E-state index contributed by atoms with van der Waals surface area (Å²) >= 11 is 0. The van der Waals surface area contributed by atoms with Crippen LogP contribution >= 0.6 is 0 Å². The Morgan fingerprint density at radius 1 is 1.15 bits per heavy atom. The van der Waals surface area contributed by atoms with Gasteiger partial charge in [0.15, 0.2) is 0 Å². The van der Waals surface area contributed by atoms with Crippen LogP contribution in [0.15, 0.2) is 24.3 Å². The molecule has 0 atom stereocenters. The van der Waals surface area contributed by atoms with Gasteiger partial charge >= 0.3 is 0 Å². The van der Waals surface area contributed by atoms with Gasteiger partial charge in [0.25, 0.3) is 0 Å². The summed E-state index contributed by atoms with van der Waals surface area (Å²) in [6.45, 7) is 0.0800. The van der Waals surface area contributed by atoms with Gasteiger partial charge in [-0.25, -0.2) is 0 Å². The van der Waals surface area contributed by atoms with Gasteiger partial charge in [0.05, 0.1) is 19.0 Å². The number of nitrogens with zero attached hydrogens (tertiary/aromatic N) is 2. The first kappa shape index (κ1) is 19.8. The molecule has 0 saturated heterocycles. The number of likely N-dealkylation sites (N-methyl/N-ethyl adjacent to an activating group) is 1. The van der Waals surface area contributed by atoms with Crippen molar-refractivity contribution in [3.63, 3.8) is 0 Å². The standard InChI is InChI=1S/C20H28N4O2/c1-24(2)19(26)13-16-9-5-6-10-17(16)22-14-18(25)23-20(15-21)11-7-3-4-8-12-20/h5-6,9-10,22H,3-4,7-8,11-14H2,1-2H3,(H,23,25). The second-order valence-electron chi connectivity index (χ2n) is 7.13. The summed E-state index contributed by atoms with van der Waals surface area (Å²) in [5, 5.41) is 15.6. The fraction of sp³-hybridized carbons (Fsp3) is 0.550. The van der Waals surface area contributed by atoms with Crippen LogP contribution in [-0.2, 0) is 16.0 Å². The van der Waals surface area contributed by atoms with E-state index in [4.69, 9.17) is 0 Å². The fourth-order valence-corrected chi connectivity index (χ4v) is 3.25. The molecule has 1 aliphatic rings. The number of carbonyl (C=O) groups is 2. The third-order valence-electron chi connectivity index (χ3n) is 4.85. The number of nitrogens with one attached hydrogen (secondary N) is 2. The Labute approximate surface area is 155 Å². The number of hydrogen-bond acceptors (Lipinski definition) is 4. The molecule has 26 heavy (non-hydrogen) atoms. The molecule has 0 spiro atoms. The van der Waals surface area contributed by atoms with Crippen LogP contribution < -0.4 is 10.6 Å². The summed E-state index contributed by atoms with van der Waals surface area (Å²) < 4.78 is 0. The number of hydrogen-bond donors (Lipinski definition) is 2. The maximum absolute atomic E-state index is 12.4. The number of carbonyl (C=O) groups excluding carboxylic acids is 2. The molecule has 140 valence electrons. The Hall–Kier alpha value is -2.55. The molecule has 0 bridgehead atoms. The molecule has 2 N–H and O–H groups in total. The Balaban J connectivity index is 1.97. The molecule has 0 aliphatic heterocycles. The quantitative estimate of drug-likeness (QED) is 0.767. The van der Waals surface area contributed by atoms with Crippen molar-refractivity contribution >= 4 is 17.5 Å². The first-order valence-corrected chi connectivity index (χ1v) is 9.20. The van der Waals surface area contributed by atoms with E-state index in [0.29, 0.717) is 12.8 Å². The van der Waals surface area contributed by atoms with Crippen LogP contribution in [0.25, 0.3) is 0 Å². The highest BCUT2D eigenvalue weighted by Crippen LogP contribution is 2.26. The largest absolute Gasteiger partial charge is 0.376 e. The molecular weight excluding hydrogens is 328 g/mol. The summed E-state index contributed by atoms with van der Waals surface area (Å²) in [6.07, 6.45) is 5.87. The van der Waals surface area contributed by atoms with E-state index in [2.05, 4.69) is 16.7 Å². The average Bonchev–Trinajstić information content (AvgIpc) is 2.87. The average molecular weight is 356 g/mol. The molecule has 1 aromatic carbocycles. The van der Waals surface area contributed by atoms with E-state index in [1.807, 2.05) is 24.3 Å². The van der Waals surface area contributed by atoms with Gasteiger partial charge in [0.1, 0.15) is 5.54 Å². The monoisotopic (exact) mass is 356 g/mol. The summed E-state index contributed by atoms with van der Waals surface area (Å²) in [7, 11) is 3.44. The number of anilines is 1. The minimum Gasteiger partial charge on any atom is -0.376 e. The van der Waals surface area contributed by atoms with E-state index in [-0.39, 0.29) is 24.8 Å². The van der Waals surface area contributed by atoms with Gasteiger partial charge in [-0.15, -0.1) is 0 Å². The number of para-hydroxylation sites is 1. The fourth-order valence-electron chi connectivity index (χ4n) is 3.25. The Morgan fingerprint density at radius 3 is 2.42 bits per heavy atom. The minimum atomic E-state index is -0.740. The number of benzene rings is 1. The summed E-state index contributed by atoms with van der Waals surface area (Å²) in [4.78, 5) is 25.9. The number of amides is 2. The van der Waals surface area contributed by atoms with Gasteiger partial charge in [-0.2, -0.15) is 5.26 Å². The van der Waals surface area contributed by atoms with E-state index in [1.54, 1.807) is 19.0 Å². The lowest BCUT2D eigenvalue weighted by molar-refractivity contribution is -0.128. The van der Waals surface area contributed by atoms with E-state index >= 15 is 0 Å². The molecule has 6 heteroatoms. The molecule has 0 unspecified atom stereocenters. The number of rotatable bonds is 6. The molecule has 6 nitrogen and oxygen atoms in total. The molecule has 2 amide bonds. The minimum absolute atomic E-state index is 0.00518. The van der Waals surface area contributed by atoms with Crippen molar-refractivity contribution in [2.45, 2.75) is 50.5 Å². The van der Waals surface area contributed by atoms with E-state index in [9.17, 15) is 14.9 Å². The van der Waals surface area contributed by atoms with Gasteiger partial charge in [0, 0.05) is 19.8 Å². The van der Waals surface area contributed by atoms with Gasteiger partial charge < -0.3 is 15.5 Å². The van der Waals surface area contributed by atoms with E-state index < -0.39 is 5.54 Å². The van der Waals surface area contributed by atoms with Crippen molar-refractivity contribution in [2.75, 3.05) is 26.0 Å². The molecule has 1 aromatic rings. The normalized spacial score (nSPS) is 16.0. The predicted octanol–water partition coefficient (Wildman–Crippen LogP) is 2.46. The third kappa shape index (κ3) is 5.48. The van der Waals surface area contributed by atoms with Crippen LogP contribution in [0.3, 0.4) is 0 Å². The molecule has 1 saturated carbocycles. The Morgan fingerprint density at radius 2 is 1.81 bits per heavy atom. The van der Waals surface area contributed by atoms with Crippen molar-refractivity contribution in [1.29, 1.82) is 5.26 Å². The van der Waals surface area contributed by atoms with Crippen molar-refractivity contribution in [2.24, 2.45) is 0 Å². The topological polar surface area (TPSA) is 85.2 Å². The maximum Gasteiger partial charge on any atom is 0.240 e. The van der Waals surface area contributed by atoms with Gasteiger partial charge in [-0.1, -0.05) is 43.9 Å². The van der Waals surface area contributed by atoms with Crippen molar-refractivity contribution in [1.82, 2.24) is 10.2 Å². The lowest BCUT2D eigenvalue weighted by Crippen LogP contribution is -2.49. The van der Waals surface area contributed by atoms with E-state index in [1.165, 1.54) is 0 Å². The zero-order valence-corrected chi connectivity index (χ0v) is 15.7. The number of nitriles is 1. The molecular formula is C20H28N4O2. The Bertz CT molecular complexity index is 671. The first-order valence-electron chi connectivity index (χ1n) is 9.20. The second kappa shape index (κ2) is 9.23. The molecule has 0 radical (unpaired) electrons. The zero-order valence-electron chi connectivity index (χ0n) is 15.7. The predicted molar refractivity (Wildman–Crippen MR) is 102 cm³/mol. The van der Waals surface area contributed by atoms with Gasteiger partial charge in [0.2, 0.25) is 11.8 Å². The summed E-state index contributed by atoms with van der Waals surface area (Å²) in [5.74, 6) is -0.187. The highest BCUT2D eigenvalue weighted by Gasteiger charge is 2.32. The zero-order chi connectivity index (χ0) is 19.0. The van der Waals surface area contributed by atoms with Crippen LogP contribution in [0.4, 0.5) is 5.69 Å². The SMILES string of the molecule is CN(C)C(=O)Cc1ccccc1NCC(=O)NC1(C#N)CCCCCC1. The second-order valence-corrected chi connectivity index (χ2v) is 7.13. The smallest absolute Gasteiger partial charge is 0.240 e. The van der Waals surface area contributed by atoms with Gasteiger partial charge in [-0.3, -0.25) is 9.59 Å². The molecule has 1 fully saturated rings. The van der Waals surface area contributed by atoms with Crippen LogP contribution in [0.1, 0.15) is 44.1 Å². The molecule has 0 aromatic heterocycles. The van der Waals surface area contributed by atoms with E-state index in [0.717, 1.165) is 36.9 Å². The highest BCUT2D eigenvalue weighted by atomic mass is 16.2. The van der Waals surface area contributed by atoms with Crippen LogP contribution in [0, 0.1) is 11.3 Å².